The van der Waals surface area contributed by atoms with Crippen molar-refractivity contribution in [2.24, 2.45) is 0 Å². The molecule has 0 radical (unpaired) electrons. The van der Waals surface area contributed by atoms with Gasteiger partial charge in [0.2, 0.25) is 0 Å². The van der Waals surface area contributed by atoms with E-state index in [2.05, 4.69) is 124 Å². The number of rotatable bonds is 5. The maximum absolute atomic E-state index is 6.50. The molecule has 0 saturated heterocycles. The van der Waals surface area contributed by atoms with Gasteiger partial charge in [-0.05, 0) is 103 Å². The highest BCUT2D eigenvalue weighted by Gasteiger charge is 2.19. The van der Waals surface area contributed by atoms with Crippen LogP contribution in [0, 0.1) is 0 Å². The minimum atomic E-state index is 0.816. The van der Waals surface area contributed by atoms with Gasteiger partial charge in [0.1, 0.15) is 11.2 Å². The quantitative estimate of drug-likeness (QED) is 0.167. The van der Waals surface area contributed by atoms with Crippen molar-refractivity contribution in [1.29, 1.82) is 0 Å². The Balaban J connectivity index is 0.000000817. The van der Waals surface area contributed by atoms with Gasteiger partial charge in [-0.1, -0.05) is 86.7 Å². The molecule has 10 rings (SSSR count). The standard InChI is InChI=1S/C45H28N4O.C3H6.C2H6/c1-2-12-32(39-14-5-8-22-46-39)31(11-1)29-18-20-43-36(25-29)33-13-3-4-17-42(33)49(43)30-19-21-44-37(26-30)38-27-34(40-15-6-9-23-47-40)35(28-45(38)50-44)41-16-7-10-24-48-41;1-3-2;1-2/h1-28H;3H,1H2,2H3;1-2H3. The van der Waals surface area contributed by atoms with Gasteiger partial charge in [0.15, 0.2) is 0 Å². The van der Waals surface area contributed by atoms with Crippen molar-refractivity contribution >= 4 is 43.7 Å². The predicted octanol–water partition coefficient (Wildman–Crippen LogP) is 13.8. The van der Waals surface area contributed by atoms with E-state index in [-0.39, 0.29) is 0 Å². The van der Waals surface area contributed by atoms with Gasteiger partial charge in [-0.3, -0.25) is 15.0 Å². The van der Waals surface area contributed by atoms with Gasteiger partial charge >= 0.3 is 0 Å². The second-order valence-corrected chi connectivity index (χ2v) is 12.9. The minimum Gasteiger partial charge on any atom is -0.456 e. The van der Waals surface area contributed by atoms with Crippen LogP contribution in [-0.2, 0) is 0 Å². The van der Waals surface area contributed by atoms with E-state index in [4.69, 9.17) is 9.40 Å². The first kappa shape index (κ1) is 34.9. The summed E-state index contributed by atoms with van der Waals surface area (Å²) in [5.41, 5.74) is 13.2. The number of pyridine rings is 3. The number of benzene rings is 5. The molecule has 0 spiro atoms. The number of para-hydroxylation sites is 1. The zero-order valence-corrected chi connectivity index (χ0v) is 31.1. The lowest BCUT2D eigenvalue weighted by Gasteiger charge is -2.11. The summed E-state index contributed by atoms with van der Waals surface area (Å²) < 4.78 is 8.86. The van der Waals surface area contributed by atoms with E-state index in [1.54, 1.807) is 6.08 Å². The maximum atomic E-state index is 6.50. The first-order valence-corrected chi connectivity index (χ1v) is 18.7. The maximum Gasteiger partial charge on any atom is 0.136 e. The predicted molar refractivity (Wildman–Crippen MR) is 230 cm³/mol. The molecule has 5 heteroatoms. The molecule has 0 amide bonds. The number of fused-ring (bicyclic) bond motifs is 6. The highest BCUT2D eigenvalue weighted by atomic mass is 16.3. The topological polar surface area (TPSA) is 56.7 Å². The lowest BCUT2D eigenvalue weighted by atomic mass is 9.96. The van der Waals surface area contributed by atoms with Crippen molar-refractivity contribution in [3.63, 3.8) is 0 Å². The van der Waals surface area contributed by atoms with Gasteiger partial charge < -0.3 is 8.98 Å². The van der Waals surface area contributed by atoms with E-state index in [9.17, 15) is 0 Å². The van der Waals surface area contributed by atoms with Gasteiger partial charge in [-0.2, -0.15) is 0 Å². The minimum absolute atomic E-state index is 0.816. The molecule has 5 heterocycles. The lowest BCUT2D eigenvalue weighted by Crippen LogP contribution is -1.93. The zero-order chi connectivity index (χ0) is 37.7. The SMILES string of the molecule is C=CC.CC.c1ccc(-c2ccccc2-c2ccc3c(c2)c2ccccc2n3-c2ccc3oc4cc(-c5ccccn5)c(-c5ccccn5)cc4c3c2)nc1. The summed E-state index contributed by atoms with van der Waals surface area (Å²) in [7, 11) is 0. The third kappa shape index (κ3) is 6.47. The monoisotopic (exact) mass is 712 g/mol. The number of aromatic nitrogens is 4. The second-order valence-electron chi connectivity index (χ2n) is 12.9. The third-order valence-electron chi connectivity index (χ3n) is 9.58. The van der Waals surface area contributed by atoms with E-state index >= 15 is 0 Å². The molecule has 266 valence electrons. The van der Waals surface area contributed by atoms with E-state index in [0.717, 1.165) is 83.6 Å². The summed E-state index contributed by atoms with van der Waals surface area (Å²) in [6, 6.07) is 52.8. The van der Waals surface area contributed by atoms with Crippen LogP contribution < -0.4 is 0 Å². The van der Waals surface area contributed by atoms with Crippen LogP contribution in [0.3, 0.4) is 0 Å². The highest BCUT2D eigenvalue weighted by Crippen LogP contribution is 2.41. The Labute approximate surface area is 320 Å². The number of allylic oxidation sites excluding steroid dienone is 1. The molecule has 0 saturated carbocycles. The highest BCUT2D eigenvalue weighted by molar-refractivity contribution is 6.12. The summed E-state index contributed by atoms with van der Waals surface area (Å²) in [5.74, 6) is 0. The van der Waals surface area contributed by atoms with Crippen molar-refractivity contribution in [2.45, 2.75) is 20.8 Å². The molecule has 0 N–H and O–H groups in total. The Bertz CT molecular complexity index is 2910. The van der Waals surface area contributed by atoms with Crippen molar-refractivity contribution in [2.75, 3.05) is 0 Å². The first-order chi connectivity index (χ1) is 27.2. The number of furan rings is 1. The molecule has 5 aromatic carbocycles. The molecule has 0 unspecified atom stereocenters. The van der Waals surface area contributed by atoms with Gasteiger partial charge in [0.25, 0.3) is 0 Å². The summed E-state index contributed by atoms with van der Waals surface area (Å²) >= 11 is 0. The molecular weight excluding hydrogens is 673 g/mol. The summed E-state index contributed by atoms with van der Waals surface area (Å²) in [6.45, 7) is 9.25. The van der Waals surface area contributed by atoms with Crippen molar-refractivity contribution in [1.82, 2.24) is 19.5 Å². The fourth-order valence-corrected chi connectivity index (χ4v) is 7.32. The van der Waals surface area contributed by atoms with Crippen LogP contribution in [0.1, 0.15) is 20.8 Å². The molecule has 55 heavy (non-hydrogen) atoms. The number of nitrogens with zero attached hydrogens (tertiary/aromatic N) is 4. The van der Waals surface area contributed by atoms with Crippen LogP contribution in [0.4, 0.5) is 0 Å². The Morgan fingerprint density at radius 1 is 0.473 bits per heavy atom. The number of hydrogen-bond acceptors (Lipinski definition) is 4. The molecule has 5 aromatic heterocycles. The van der Waals surface area contributed by atoms with Gasteiger partial charge in [-0.25, -0.2) is 0 Å². The average molecular weight is 713 g/mol. The Morgan fingerprint density at radius 3 is 1.67 bits per heavy atom. The summed E-state index contributed by atoms with van der Waals surface area (Å²) in [4.78, 5) is 14.0. The first-order valence-electron chi connectivity index (χ1n) is 18.7. The van der Waals surface area contributed by atoms with Crippen molar-refractivity contribution < 1.29 is 4.42 Å². The fourth-order valence-electron chi connectivity index (χ4n) is 7.32. The van der Waals surface area contributed by atoms with Crippen molar-refractivity contribution in [3.05, 3.63) is 183 Å². The van der Waals surface area contributed by atoms with E-state index in [1.165, 1.54) is 10.8 Å². The van der Waals surface area contributed by atoms with Crippen LogP contribution in [-0.4, -0.2) is 19.5 Å². The normalized spacial score (nSPS) is 10.9. The largest absolute Gasteiger partial charge is 0.456 e. The Hall–Kier alpha value is -7.11. The van der Waals surface area contributed by atoms with Crippen LogP contribution in [0.25, 0.3) is 94.3 Å². The van der Waals surface area contributed by atoms with Crippen LogP contribution in [0.2, 0.25) is 0 Å². The smallest absolute Gasteiger partial charge is 0.136 e. The van der Waals surface area contributed by atoms with Crippen LogP contribution in [0.15, 0.2) is 187 Å². The molecule has 0 aliphatic rings. The van der Waals surface area contributed by atoms with E-state index < -0.39 is 0 Å². The summed E-state index contributed by atoms with van der Waals surface area (Å²) in [6.07, 6.45) is 7.25. The van der Waals surface area contributed by atoms with Crippen LogP contribution >= 0.6 is 0 Å². The fraction of sp³-hybridized carbons (Fsp3) is 0.0600. The Kier molecular flexibility index (Phi) is 9.83. The van der Waals surface area contributed by atoms with Crippen molar-refractivity contribution in [3.8, 4) is 50.6 Å². The number of hydrogen-bond donors (Lipinski definition) is 0. The molecule has 0 atom stereocenters. The molecular formula is C50H40N4O. The molecule has 5 nitrogen and oxygen atoms in total. The average Bonchev–Trinajstić information content (AvgIpc) is 3.79. The third-order valence-corrected chi connectivity index (χ3v) is 9.58. The lowest BCUT2D eigenvalue weighted by molar-refractivity contribution is 0.669. The second kappa shape index (κ2) is 15.5. The summed E-state index contributed by atoms with van der Waals surface area (Å²) in [5, 5.41) is 4.49. The molecule has 0 bridgehead atoms. The molecule has 0 aliphatic carbocycles. The molecule has 0 aliphatic heterocycles. The van der Waals surface area contributed by atoms with E-state index in [0.29, 0.717) is 0 Å². The Morgan fingerprint density at radius 2 is 1.02 bits per heavy atom. The van der Waals surface area contributed by atoms with Crippen LogP contribution in [0.5, 0.6) is 0 Å². The van der Waals surface area contributed by atoms with Gasteiger partial charge in [0, 0.05) is 62.5 Å². The molecule has 10 aromatic rings. The van der Waals surface area contributed by atoms with E-state index in [1.807, 2.05) is 87.9 Å². The zero-order valence-electron chi connectivity index (χ0n) is 31.1. The van der Waals surface area contributed by atoms with Gasteiger partial charge in [-0.15, -0.1) is 6.58 Å². The van der Waals surface area contributed by atoms with Gasteiger partial charge in [0.05, 0.1) is 28.1 Å². The molecule has 0 fully saturated rings.